The molecule has 0 fully saturated rings. The zero-order valence-electron chi connectivity index (χ0n) is 16.1. The summed E-state index contributed by atoms with van der Waals surface area (Å²) in [6, 6.07) is 16.5. The van der Waals surface area contributed by atoms with Gasteiger partial charge in [0.05, 0.1) is 6.42 Å². The Bertz CT molecular complexity index is 764. The molecule has 27 heavy (non-hydrogen) atoms. The molecule has 4 nitrogen and oxygen atoms in total. The van der Waals surface area contributed by atoms with Gasteiger partial charge in [0.15, 0.2) is 0 Å². The van der Waals surface area contributed by atoms with Crippen LogP contribution in [-0.4, -0.2) is 28.8 Å². The van der Waals surface area contributed by atoms with Crippen molar-refractivity contribution in [3.8, 4) is 0 Å². The lowest BCUT2D eigenvalue weighted by Gasteiger charge is -2.30. The van der Waals surface area contributed by atoms with Crippen LogP contribution in [0.1, 0.15) is 38.3 Å². The lowest BCUT2D eigenvalue weighted by atomic mass is 10.1. The minimum Gasteiger partial charge on any atom is -0.352 e. The van der Waals surface area contributed by atoms with E-state index in [4.69, 9.17) is 11.6 Å². The Hall–Kier alpha value is -2.33. The molecule has 5 heteroatoms. The highest BCUT2D eigenvalue weighted by atomic mass is 35.5. The molecule has 0 aromatic heterocycles. The molecule has 2 rings (SSSR count). The molecule has 0 saturated carbocycles. The van der Waals surface area contributed by atoms with Crippen LogP contribution in [-0.2, 0) is 22.6 Å². The molecule has 0 bridgehead atoms. The summed E-state index contributed by atoms with van der Waals surface area (Å²) in [6.07, 6.45) is 0.998. The van der Waals surface area contributed by atoms with Gasteiger partial charge in [-0.25, -0.2) is 0 Å². The molecule has 2 amide bonds. The van der Waals surface area contributed by atoms with Gasteiger partial charge in [-0.05, 0) is 37.5 Å². The summed E-state index contributed by atoms with van der Waals surface area (Å²) in [5.41, 5.74) is 1.74. The Kier molecular flexibility index (Phi) is 7.86. The van der Waals surface area contributed by atoms with E-state index in [-0.39, 0.29) is 24.3 Å². The summed E-state index contributed by atoms with van der Waals surface area (Å²) in [7, 11) is 0. The first-order valence-electron chi connectivity index (χ1n) is 9.29. The zero-order valence-corrected chi connectivity index (χ0v) is 16.9. The summed E-state index contributed by atoms with van der Waals surface area (Å²) in [5.74, 6) is -0.272. The number of nitrogens with one attached hydrogen (secondary N) is 1. The quantitative estimate of drug-likeness (QED) is 0.738. The molecule has 0 heterocycles. The van der Waals surface area contributed by atoms with Gasteiger partial charge in [0.25, 0.3) is 0 Å². The van der Waals surface area contributed by atoms with Crippen LogP contribution in [0.25, 0.3) is 0 Å². The largest absolute Gasteiger partial charge is 0.352 e. The van der Waals surface area contributed by atoms with Crippen molar-refractivity contribution in [1.82, 2.24) is 10.2 Å². The van der Waals surface area contributed by atoms with Gasteiger partial charge < -0.3 is 10.2 Å². The highest BCUT2D eigenvalue weighted by Gasteiger charge is 2.27. The van der Waals surface area contributed by atoms with Crippen LogP contribution >= 0.6 is 11.6 Å². The molecule has 0 aliphatic carbocycles. The number of hydrogen-bond donors (Lipinski definition) is 1. The van der Waals surface area contributed by atoms with E-state index in [0.717, 1.165) is 17.5 Å². The van der Waals surface area contributed by atoms with E-state index >= 15 is 0 Å². The van der Waals surface area contributed by atoms with E-state index in [1.54, 1.807) is 17.9 Å². The third-order valence-corrected chi connectivity index (χ3v) is 5.03. The molecular formula is C22H27ClN2O2. The van der Waals surface area contributed by atoms with E-state index < -0.39 is 6.04 Å². The molecule has 0 spiro atoms. The van der Waals surface area contributed by atoms with Gasteiger partial charge in [-0.2, -0.15) is 0 Å². The average molecular weight is 387 g/mol. The van der Waals surface area contributed by atoms with Crippen LogP contribution in [0, 0.1) is 0 Å². The number of nitrogens with zero attached hydrogens (tertiary/aromatic N) is 1. The Morgan fingerprint density at radius 2 is 1.67 bits per heavy atom. The van der Waals surface area contributed by atoms with Crippen LogP contribution in [0.5, 0.6) is 0 Å². The Labute approximate surface area is 166 Å². The lowest BCUT2D eigenvalue weighted by molar-refractivity contribution is -0.140. The first-order chi connectivity index (χ1) is 12.9. The van der Waals surface area contributed by atoms with Crippen LogP contribution in [0.2, 0.25) is 5.02 Å². The minimum absolute atomic E-state index is 0.0668. The molecule has 0 saturated heterocycles. The molecule has 2 aromatic carbocycles. The number of halogens is 1. The maximum absolute atomic E-state index is 13.1. The summed E-state index contributed by atoms with van der Waals surface area (Å²) in [5, 5.41) is 3.52. The first kappa shape index (κ1) is 21.0. The number of carbonyl (C=O) groups is 2. The van der Waals surface area contributed by atoms with Crippen molar-refractivity contribution in [2.75, 3.05) is 0 Å². The molecule has 2 aromatic rings. The number of amides is 2. The maximum atomic E-state index is 13.1. The Morgan fingerprint density at radius 3 is 2.30 bits per heavy atom. The fourth-order valence-electron chi connectivity index (χ4n) is 2.73. The lowest BCUT2D eigenvalue weighted by Crippen LogP contribution is -2.49. The van der Waals surface area contributed by atoms with Crippen molar-refractivity contribution in [1.29, 1.82) is 0 Å². The highest BCUT2D eigenvalue weighted by Crippen LogP contribution is 2.18. The summed E-state index contributed by atoms with van der Waals surface area (Å²) in [6.45, 7) is 6.11. The molecule has 0 aliphatic rings. The molecular weight excluding hydrogens is 360 g/mol. The zero-order chi connectivity index (χ0) is 19.8. The predicted molar refractivity (Wildman–Crippen MR) is 110 cm³/mol. The fraction of sp³-hybridized carbons (Fsp3) is 0.364. The third kappa shape index (κ3) is 6.10. The molecule has 2 unspecified atom stereocenters. The molecule has 0 aliphatic heterocycles. The van der Waals surface area contributed by atoms with Gasteiger partial charge in [0.1, 0.15) is 6.04 Å². The smallest absolute Gasteiger partial charge is 0.242 e. The van der Waals surface area contributed by atoms with E-state index in [9.17, 15) is 9.59 Å². The van der Waals surface area contributed by atoms with Crippen LogP contribution in [0.3, 0.4) is 0 Å². The third-order valence-electron chi connectivity index (χ3n) is 4.66. The van der Waals surface area contributed by atoms with Gasteiger partial charge in [0, 0.05) is 17.6 Å². The van der Waals surface area contributed by atoms with Gasteiger partial charge >= 0.3 is 0 Å². The fourth-order valence-corrected chi connectivity index (χ4v) is 2.94. The molecule has 1 N–H and O–H groups in total. The van der Waals surface area contributed by atoms with E-state index in [1.165, 1.54) is 0 Å². The SMILES string of the molecule is CCC(C)NC(=O)C(C)N(Cc1ccccc1)C(=O)Cc1ccccc1Cl. The van der Waals surface area contributed by atoms with Gasteiger partial charge in [0.2, 0.25) is 11.8 Å². The predicted octanol–water partition coefficient (Wildman–Crippen LogP) is 4.21. The van der Waals surface area contributed by atoms with Crippen molar-refractivity contribution >= 4 is 23.4 Å². The van der Waals surface area contributed by atoms with Gasteiger partial charge in [-0.1, -0.05) is 67.1 Å². The van der Waals surface area contributed by atoms with Crippen molar-refractivity contribution in [2.24, 2.45) is 0 Å². The standard InChI is InChI=1S/C22H27ClN2O2/c1-4-16(2)24-22(27)17(3)25(15-18-10-6-5-7-11-18)21(26)14-19-12-8-9-13-20(19)23/h5-13,16-17H,4,14-15H2,1-3H3,(H,24,27). The Balaban J connectivity index is 2.21. The number of rotatable bonds is 8. The minimum atomic E-state index is -0.575. The maximum Gasteiger partial charge on any atom is 0.242 e. The number of carbonyl (C=O) groups excluding carboxylic acids is 2. The Morgan fingerprint density at radius 1 is 1.04 bits per heavy atom. The van der Waals surface area contributed by atoms with Gasteiger partial charge in [-0.15, -0.1) is 0 Å². The molecule has 0 radical (unpaired) electrons. The summed E-state index contributed by atoms with van der Waals surface area (Å²) < 4.78 is 0. The molecule has 2 atom stereocenters. The molecule has 144 valence electrons. The van der Waals surface area contributed by atoms with Crippen molar-refractivity contribution in [3.05, 3.63) is 70.7 Å². The van der Waals surface area contributed by atoms with E-state index in [2.05, 4.69) is 5.32 Å². The number of benzene rings is 2. The van der Waals surface area contributed by atoms with E-state index in [0.29, 0.717) is 11.6 Å². The average Bonchev–Trinajstić information content (AvgIpc) is 2.67. The van der Waals surface area contributed by atoms with Gasteiger partial charge in [-0.3, -0.25) is 9.59 Å². The van der Waals surface area contributed by atoms with Crippen LogP contribution in [0.4, 0.5) is 0 Å². The summed E-state index contributed by atoms with van der Waals surface area (Å²) in [4.78, 5) is 27.3. The van der Waals surface area contributed by atoms with Crippen LogP contribution < -0.4 is 5.32 Å². The number of hydrogen-bond acceptors (Lipinski definition) is 2. The second kappa shape index (κ2) is 10.1. The van der Waals surface area contributed by atoms with Crippen LogP contribution in [0.15, 0.2) is 54.6 Å². The van der Waals surface area contributed by atoms with Crippen molar-refractivity contribution < 1.29 is 9.59 Å². The van der Waals surface area contributed by atoms with Crippen molar-refractivity contribution in [3.63, 3.8) is 0 Å². The summed E-state index contributed by atoms with van der Waals surface area (Å²) >= 11 is 6.21. The topological polar surface area (TPSA) is 49.4 Å². The second-order valence-electron chi connectivity index (χ2n) is 6.77. The second-order valence-corrected chi connectivity index (χ2v) is 7.18. The normalized spacial score (nSPS) is 12.9. The highest BCUT2D eigenvalue weighted by molar-refractivity contribution is 6.31. The monoisotopic (exact) mass is 386 g/mol. The first-order valence-corrected chi connectivity index (χ1v) is 9.67. The van der Waals surface area contributed by atoms with E-state index in [1.807, 2.05) is 62.4 Å². The van der Waals surface area contributed by atoms with Crippen molar-refractivity contribution in [2.45, 2.75) is 52.2 Å².